The Morgan fingerprint density at radius 2 is 1.94 bits per heavy atom. The molecule has 86 valence electrons. The summed E-state index contributed by atoms with van der Waals surface area (Å²) in [5.41, 5.74) is 0. The van der Waals surface area contributed by atoms with Gasteiger partial charge in [0.15, 0.2) is 5.92 Å². The van der Waals surface area contributed by atoms with Crippen LogP contribution in [0.3, 0.4) is 0 Å². The molecule has 6 heteroatoms. The van der Waals surface area contributed by atoms with Gasteiger partial charge in [0, 0.05) is 10.6 Å². The van der Waals surface area contributed by atoms with Gasteiger partial charge in [-0.15, -0.1) is 11.8 Å². The summed E-state index contributed by atoms with van der Waals surface area (Å²) < 4.78 is 49.6. The number of hydrogen-bond acceptors (Lipinski definition) is 2. The van der Waals surface area contributed by atoms with E-state index in [0.29, 0.717) is 11.8 Å². The normalized spacial score (nSPS) is 13.2. The number of alkyl halides is 3. The van der Waals surface area contributed by atoms with E-state index in [1.807, 2.05) is 0 Å². The van der Waals surface area contributed by atoms with Crippen LogP contribution < -0.4 is 0 Å². The lowest BCUT2D eigenvalue weighted by Crippen LogP contribution is -2.23. The van der Waals surface area contributed by atoms with Crippen LogP contribution >= 0.6 is 11.8 Å². The van der Waals surface area contributed by atoms with E-state index in [-0.39, 0.29) is 4.90 Å². The molecule has 1 aromatic carbocycles. The summed E-state index contributed by atoms with van der Waals surface area (Å²) in [5.74, 6) is -3.15. The van der Waals surface area contributed by atoms with E-state index in [1.54, 1.807) is 0 Å². The summed E-state index contributed by atoms with van der Waals surface area (Å²) in [4.78, 5) is 0.118. The maximum atomic E-state index is 13.1. The lowest BCUT2D eigenvalue weighted by Gasteiger charge is -2.12. The van der Waals surface area contributed by atoms with Crippen LogP contribution in [0.1, 0.15) is 0 Å². The fourth-order valence-electron chi connectivity index (χ4n) is 0.940. The molecule has 1 unspecified atom stereocenters. The topological polar surface area (TPSA) is 23.8 Å². The van der Waals surface area contributed by atoms with Gasteiger partial charge < -0.3 is 0 Å². The monoisotopic (exact) mass is 249 g/mol. The van der Waals surface area contributed by atoms with Crippen LogP contribution in [0.15, 0.2) is 29.2 Å². The maximum Gasteiger partial charge on any atom is 0.405 e. The highest BCUT2D eigenvalue weighted by atomic mass is 32.2. The molecule has 0 aromatic heterocycles. The Labute approximate surface area is 94.1 Å². The quantitative estimate of drug-likeness (QED) is 0.603. The van der Waals surface area contributed by atoms with Gasteiger partial charge in [-0.1, -0.05) is 12.1 Å². The molecular formula is C10H7F4NS. The first-order valence-electron chi connectivity index (χ1n) is 4.29. The minimum Gasteiger partial charge on any atom is -0.206 e. The van der Waals surface area contributed by atoms with Gasteiger partial charge in [0.2, 0.25) is 0 Å². The van der Waals surface area contributed by atoms with Crippen LogP contribution in [0.4, 0.5) is 17.6 Å². The zero-order valence-corrected chi connectivity index (χ0v) is 8.78. The smallest absolute Gasteiger partial charge is 0.206 e. The van der Waals surface area contributed by atoms with Gasteiger partial charge in [0.1, 0.15) is 5.82 Å². The van der Waals surface area contributed by atoms with E-state index in [1.165, 1.54) is 18.2 Å². The molecular weight excluding hydrogens is 242 g/mol. The predicted octanol–water partition coefficient (Wildman–Crippen LogP) is 3.62. The first-order chi connectivity index (χ1) is 7.45. The second-order valence-corrected chi connectivity index (χ2v) is 4.03. The molecule has 0 bridgehead atoms. The number of halogens is 4. The largest absolute Gasteiger partial charge is 0.405 e. The summed E-state index contributed by atoms with van der Waals surface area (Å²) in [6, 6.07) is 6.68. The Balaban J connectivity index is 2.65. The average Bonchev–Trinajstić information content (AvgIpc) is 2.19. The summed E-state index contributed by atoms with van der Waals surface area (Å²) >= 11 is 0.689. The minimum absolute atomic E-state index is 0.118. The van der Waals surface area contributed by atoms with Crippen LogP contribution in [0, 0.1) is 23.1 Å². The van der Waals surface area contributed by atoms with Crippen molar-refractivity contribution in [3.05, 3.63) is 30.1 Å². The van der Waals surface area contributed by atoms with Gasteiger partial charge in [-0.05, 0) is 12.1 Å². The maximum absolute atomic E-state index is 13.1. The highest BCUT2D eigenvalue weighted by molar-refractivity contribution is 7.99. The SMILES string of the molecule is N#CC(CSc1ccccc1F)C(F)(F)F. The summed E-state index contributed by atoms with van der Waals surface area (Å²) in [6.07, 6.45) is -4.56. The summed E-state index contributed by atoms with van der Waals surface area (Å²) in [7, 11) is 0. The van der Waals surface area contributed by atoms with E-state index in [0.717, 1.165) is 12.1 Å². The van der Waals surface area contributed by atoms with E-state index in [2.05, 4.69) is 0 Å². The molecule has 1 aromatic rings. The summed E-state index contributed by atoms with van der Waals surface area (Å²) in [5, 5.41) is 8.33. The van der Waals surface area contributed by atoms with Crippen molar-refractivity contribution < 1.29 is 17.6 Å². The van der Waals surface area contributed by atoms with Crippen molar-refractivity contribution in [3.63, 3.8) is 0 Å². The van der Waals surface area contributed by atoms with E-state index in [4.69, 9.17) is 5.26 Å². The van der Waals surface area contributed by atoms with Crippen molar-refractivity contribution in [1.29, 1.82) is 5.26 Å². The molecule has 1 rings (SSSR count). The summed E-state index contributed by atoms with van der Waals surface area (Å²) in [6.45, 7) is 0. The lowest BCUT2D eigenvalue weighted by atomic mass is 10.2. The predicted molar refractivity (Wildman–Crippen MR) is 52.3 cm³/mol. The first kappa shape index (κ1) is 12.8. The standard InChI is InChI=1S/C10H7F4NS/c11-8-3-1-2-4-9(8)16-6-7(5-15)10(12,13)14/h1-4,7H,6H2. The highest BCUT2D eigenvalue weighted by Gasteiger charge is 2.39. The van der Waals surface area contributed by atoms with Gasteiger partial charge in [-0.3, -0.25) is 0 Å². The van der Waals surface area contributed by atoms with Crippen molar-refractivity contribution >= 4 is 11.8 Å². The zero-order valence-electron chi connectivity index (χ0n) is 7.96. The van der Waals surface area contributed by atoms with Crippen molar-refractivity contribution in [2.45, 2.75) is 11.1 Å². The van der Waals surface area contributed by atoms with Crippen molar-refractivity contribution in [1.82, 2.24) is 0 Å². The molecule has 0 fully saturated rings. The third kappa shape index (κ3) is 3.42. The molecule has 0 heterocycles. The molecule has 1 nitrogen and oxygen atoms in total. The van der Waals surface area contributed by atoms with Crippen LogP contribution in [-0.4, -0.2) is 11.9 Å². The second-order valence-electron chi connectivity index (χ2n) is 2.96. The fourth-order valence-corrected chi connectivity index (χ4v) is 1.93. The molecule has 0 N–H and O–H groups in total. The Hall–Kier alpha value is -1.22. The third-order valence-electron chi connectivity index (χ3n) is 1.79. The van der Waals surface area contributed by atoms with Crippen molar-refractivity contribution in [3.8, 4) is 6.07 Å². The molecule has 0 aliphatic rings. The number of rotatable bonds is 3. The molecule has 0 saturated carbocycles. The third-order valence-corrected chi connectivity index (χ3v) is 2.94. The molecule has 0 spiro atoms. The molecule has 0 aliphatic heterocycles. The number of thioether (sulfide) groups is 1. The van der Waals surface area contributed by atoms with Gasteiger partial charge in [-0.25, -0.2) is 4.39 Å². The number of nitriles is 1. The van der Waals surface area contributed by atoms with Gasteiger partial charge >= 0.3 is 6.18 Å². The lowest BCUT2D eigenvalue weighted by molar-refractivity contribution is -0.152. The minimum atomic E-state index is -4.56. The molecule has 1 atom stereocenters. The number of hydrogen-bond donors (Lipinski definition) is 0. The van der Waals surface area contributed by atoms with Gasteiger partial charge in [-0.2, -0.15) is 18.4 Å². The molecule has 0 saturated heterocycles. The zero-order chi connectivity index (χ0) is 12.2. The fraction of sp³-hybridized carbons (Fsp3) is 0.300. The highest BCUT2D eigenvalue weighted by Crippen LogP contribution is 2.31. The van der Waals surface area contributed by atoms with Crippen molar-refractivity contribution in [2.24, 2.45) is 5.92 Å². The number of nitrogens with zero attached hydrogens (tertiary/aromatic N) is 1. The molecule has 0 amide bonds. The first-order valence-corrected chi connectivity index (χ1v) is 5.27. The van der Waals surface area contributed by atoms with E-state index < -0.39 is 23.7 Å². The Morgan fingerprint density at radius 3 is 2.44 bits per heavy atom. The Morgan fingerprint density at radius 1 is 1.31 bits per heavy atom. The number of benzene rings is 1. The molecule has 0 radical (unpaired) electrons. The average molecular weight is 249 g/mol. The Bertz CT molecular complexity index is 397. The van der Waals surface area contributed by atoms with E-state index >= 15 is 0 Å². The van der Waals surface area contributed by atoms with Crippen LogP contribution in [-0.2, 0) is 0 Å². The second kappa shape index (κ2) is 5.21. The Kier molecular flexibility index (Phi) is 4.19. The van der Waals surface area contributed by atoms with E-state index in [9.17, 15) is 17.6 Å². The van der Waals surface area contributed by atoms with Crippen LogP contribution in [0.2, 0.25) is 0 Å². The van der Waals surface area contributed by atoms with Crippen molar-refractivity contribution in [2.75, 3.05) is 5.75 Å². The molecule has 0 aliphatic carbocycles. The van der Waals surface area contributed by atoms with Gasteiger partial charge in [0.05, 0.1) is 6.07 Å². The van der Waals surface area contributed by atoms with Crippen LogP contribution in [0.25, 0.3) is 0 Å². The molecule has 16 heavy (non-hydrogen) atoms. The van der Waals surface area contributed by atoms with Gasteiger partial charge in [0.25, 0.3) is 0 Å². The van der Waals surface area contributed by atoms with Crippen LogP contribution in [0.5, 0.6) is 0 Å².